The maximum absolute atomic E-state index is 12.2. The zero-order chi connectivity index (χ0) is 19.4. The second-order valence-electron chi connectivity index (χ2n) is 6.00. The van der Waals surface area contributed by atoms with Crippen molar-refractivity contribution in [1.82, 2.24) is 0 Å². The number of hydrogen-bond donors (Lipinski definition) is 1. The topological polar surface area (TPSA) is 75.7 Å². The molecule has 1 saturated heterocycles. The first-order valence-electron chi connectivity index (χ1n) is 8.21. The number of carbonyl (C=O) groups is 3. The van der Waals surface area contributed by atoms with Crippen LogP contribution in [0.1, 0.15) is 6.42 Å². The van der Waals surface area contributed by atoms with Crippen LogP contribution in [0.2, 0.25) is 10.0 Å². The third-order valence-electron chi connectivity index (χ3n) is 4.10. The monoisotopic (exact) mass is 406 g/mol. The van der Waals surface area contributed by atoms with Gasteiger partial charge in [0, 0.05) is 18.7 Å². The Morgan fingerprint density at radius 2 is 1.85 bits per heavy atom. The van der Waals surface area contributed by atoms with E-state index in [0.717, 1.165) is 5.69 Å². The quantitative estimate of drug-likeness (QED) is 0.770. The average molecular weight is 407 g/mol. The number of carbonyl (C=O) groups excluding carboxylic acids is 3. The Morgan fingerprint density at radius 1 is 1.11 bits per heavy atom. The lowest BCUT2D eigenvalue weighted by Crippen LogP contribution is -2.28. The number of halogens is 2. The minimum Gasteiger partial charge on any atom is -0.455 e. The largest absolute Gasteiger partial charge is 0.455 e. The van der Waals surface area contributed by atoms with E-state index in [1.165, 1.54) is 4.90 Å². The minimum atomic E-state index is -0.611. The lowest BCUT2D eigenvalue weighted by molar-refractivity contribution is -0.151. The molecule has 1 aliphatic rings. The summed E-state index contributed by atoms with van der Waals surface area (Å²) in [6.45, 7) is -0.249. The summed E-state index contributed by atoms with van der Waals surface area (Å²) in [5.74, 6) is -1.90. The summed E-state index contributed by atoms with van der Waals surface area (Å²) in [7, 11) is 0. The van der Waals surface area contributed by atoms with E-state index in [1.54, 1.807) is 30.3 Å². The molecule has 0 bridgehead atoms. The van der Waals surface area contributed by atoms with Crippen LogP contribution >= 0.6 is 23.2 Å². The van der Waals surface area contributed by atoms with Crippen LogP contribution in [0.5, 0.6) is 0 Å². The van der Waals surface area contributed by atoms with Crippen molar-refractivity contribution < 1.29 is 19.1 Å². The molecule has 6 nitrogen and oxygen atoms in total. The van der Waals surface area contributed by atoms with Gasteiger partial charge in [0.05, 0.1) is 21.7 Å². The molecule has 1 atom stereocenters. The molecule has 140 valence electrons. The van der Waals surface area contributed by atoms with Crippen LogP contribution < -0.4 is 10.2 Å². The molecule has 0 unspecified atom stereocenters. The zero-order valence-electron chi connectivity index (χ0n) is 14.2. The highest BCUT2D eigenvalue weighted by Gasteiger charge is 2.36. The van der Waals surface area contributed by atoms with E-state index in [1.807, 2.05) is 18.2 Å². The van der Waals surface area contributed by atoms with Gasteiger partial charge in [0.1, 0.15) is 0 Å². The summed E-state index contributed by atoms with van der Waals surface area (Å²) in [6, 6.07) is 13.9. The SMILES string of the molecule is O=C(COC(=O)[C@H]1CC(=O)N(c2ccccc2)C1)Nc1cccc(Cl)c1Cl. The molecule has 0 saturated carbocycles. The minimum absolute atomic E-state index is 0.0511. The molecule has 1 heterocycles. The summed E-state index contributed by atoms with van der Waals surface area (Å²) < 4.78 is 5.06. The zero-order valence-corrected chi connectivity index (χ0v) is 15.7. The van der Waals surface area contributed by atoms with Crippen molar-refractivity contribution in [3.63, 3.8) is 0 Å². The standard InChI is InChI=1S/C19H16Cl2N2O4/c20-14-7-4-8-15(18(14)21)22-16(24)11-27-19(26)12-9-17(25)23(10-12)13-5-2-1-3-6-13/h1-8,12H,9-11H2,(H,22,24)/t12-/m0/s1. The number of para-hydroxylation sites is 1. The van der Waals surface area contributed by atoms with Crippen LogP contribution in [0, 0.1) is 5.92 Å². The third kappa shape index (κ3) is 4.59. The van der Waals surface area contributed by atoms with Gasteiger partial charge in [-0.15, -0.1) is 0 Å². The van der Waals surface area contributed by atoms with Gasteiger partial charge in [-0.25, -0.2) is 0 Å². The Kier molecular flexibility index (Phi) is 5.98. The van der Waals surface area contributed by atoms with E-state index in [-0.39, 0.29) is 23.9 Å². The highest BCUT2D eigenvalue weighted by atomic mass is 35.5. The van der Waals surface area contributed by atoms with Crippen LogP contribution in [0.15, 0.2) is 48.5 Å². The molecular formula is C19H16Cl2N2O4. The predicted octanol–water partition coefficient (Wildman–Crippen LogP) is 3.53. The van der Waals surface area contributed by atoms with Crippen LogP contribution in [-0.4, -0.2) is 30.9 Å². The molecule has 1 aliphatic heterocycles. The Morgan fingerprint density at radius 3 is 2.59 bits per heavy atom. The van der Waals surface area contributed by atoms with Gasteiger partial charge in [0.2, 0.25) is 5.91 Å². The number of anilines is 2. The maximum Gasteiger partial charge on any atom is 0.311 e. The highest BCUT2D eigenvalue weighted by molar-refractivity contribution is 6.44. The Bertz CT molecular complexity index is 873. The number of hydrogen-bond acceptors (Lipinski definition) is 4. The van der Waals surface area contributed by atoms with E-state index in [9.17, 15) is 14.4 Å². The summed E-state index contributed by atoms with van der Waals surface area (Å²) >= 11 is 11.9. The van der Waals surface area contributed by atoms with Crippen molar-refractivity contribution in [3.8, 4) is 0 Å². The van der Waals surface area contributed by atoms with E-state index >= 15 is 0 Å². The van der Waals surface area contributed by atoms with Crippen molar-refractivity contribution in [1.29, 1.82) is 0 Å². The first kappa shape index (κ1) is 19.2. The lowest BCUT2D eigenvalue weighted by atomic mass is 10.1. The average Bonchev–Trinajstić information content (AvgIpc) is 3.06. The highest BCUT2D eigenvalue weighted by Crippen LogP contribution is 2.29. The van der Waals surface area contributed by atoms with Gasteiger partial charge in [-0.3, -0.25) is 14.4 Å². The predicted molar refractivity (Wildman–Crippen MR) is 103 cm³/mol. The number of rotatable bonds is 5. The number of esters is 1. The van der Waals surface area contributed by atoms with Crippen LogP contribution in [-0.2, 0) is 19.1 Å². The van der Waals surface area contributed by atoms with Gasteiger partial charge >= 0.3 is 5.97 Å². The molecule has 0 aliphatic carbocycles. The number of ether oxygens (including phenoxy) is 1. The maximum atomic E-state index is 12.2. The number of amides is 2. The lowest BCUT2D eigenvalue weighted by Gasteiger charge is -2.16. The fourth-order valence-electron chi connectivity index (χ4n) is 2.76. The fourth-order valence-corrected chi connectivity index (χ4v) is 3.11. The Labute approximate surface area is 166 Å². The van der Waals surface area contributed by atoms with Gasteiger partial charge < -0.3 is 15.0 Å². The van der Waals surface area contributed by atoms with E-state index in [2.05, 4.69) is 5.32 Å². The van der Waals surface area contributed by atoms with Crippen molar-refractivity contribution in [2.24, 2.45) is 5.92 Å². The fraction of sp³-hybridized carbons (Fsp3) is 0.211. The first-order valence-corrected chi connectivity index (χ1v) is 8.97. The van der Waals surface area contributed by atoms with E-state index < -0.39 is 24.4 Å². The molecule has 2 aromatic carbocycles. The molecule has 8 heteroatoms. The number of nitrogens with one attached hydrogen (secondary N) is 1. The Balaban J connectivity index is 1.53. The molecule has 0 radical (unpaired) electrons. The summed E-state index contributed by atoms with van der Waals surface area (Å²) in [5, 5.41) is 3.04. The molecule has 0 aromatic heterocycles. The van der Waals surface area contributed by atoms with E-state index in [4.69, 9.17) is 27.9 Å². The second-order valence-corrected chi connectivity index (χ2v) is 6.78. The summed E-state index contributed by atoms with van der Waals surface area (Å²) in [4.78, 5) is 37.9. The smallest absolute Gasteiger partial charge is 0.311 e. The van der Waals surface area contributed by atoms with Gasteiger partial charge in [0.15, 0.2) is 6.61 Å². The summed E-state index contributed by atoms with van der Waals surface area (Å²) in [5.41, 5.74) is 1.06. The normalized spacial score (nSPS) is 16.3. The molecule has 2 amide bonds. The number of nitrogens with zero attached hydrogens (tertiary/aromatic N) is 1. The van der Waals surface area contributed by atoms with Gasteiger partial charge in [-0.2, -0.15) is 0 Å². The first-order chi connectivity index (χ1) is 13.0. The van der Waals surface area contributed by atoms with Crippen molar-refractivity contribution in [3.05, 3.63) is 58.6 Å². The molecule has 3 rings (SSSR count). The molecular weight excluding hydrogens is 391 g/mol. The Hall–Kier alpha value is -2.57. The third-order valence-corrected chi connectivity index (χ3v) is 4.92. The van der Waals surface area contributed by atoms with Crippen LogP contribution in [0.25, 0.3) is 0 Å². The summed E-state index contributed by atoms with van der Waals surface area (Å²) in [6.07, 6.45) is 0.0511. The van der Waals surface area contributed by atoms with Gasteiger partial charge in [-0.1, -0.05) is 47.5 Å². The molecule has 2 aromatic rings. The second kappa shape index (κ2) is 8.41. The van der Waals surface area contributed by atoms with Gasteiger partial charge in [0.25, 0.3) is 5.91 Å². The van der Waals surface area contributed by atoms with Crippen LogP contribution in [0.4, 0.5) is 11.4 Å². The van der Waals surface area contributed by atoms with E-state index in [0.29, 0.717) is 10.7 Å². The van der Waals surface area contributed by atoms with Gasteiger partial charge in [-0.05, 0) is 24.3 Å². The number of benzene rings is 2. The van der Waals surface area contributed by atoms with Crippen LogP contribution in [0.3, 0.4) is 0 Å². The molecule has 0 spiro atoms. The van der Waals surface area contributed by atoms with Crippen molar-refractivity contribution in [2.75, 3.05) is 23.4 Å². The van der Waals surface area contributed by atoms with Crippen molar-refractivity contribution >= 4 is 52.4 Å². The molecule has 1 N–H and O–H groups in total. The van der Waals surface area contributed by atoms with Crippen molar-refractivity contribution in [2.45, 2.75) is 6.42 Å². The molecule has 27 heavy (non-hydrogen) atoms. The molecule has 1 fully saturated rings.